The molecule has 0 unspecified atom stereocenters. The number of likely N-dealkylation sites (tertiary alicyclic amines) is 1. The van der Waals surface area contributed by atoms with Crippen molar-refractivity contribution in [2.45, 2.75) is 26.7 Å². The van der Waals surface area contributed by atoms with Crippen molar-refractivity contribution in [2.75, 3.05) is 13.1 Å². The van der Waals surface area contributed by atoms with E-state index in [1.807, 2.05) is 6.92 Å². The third-order valence-corrected chi connectivity index (χ3v) is 3.27. The van der Waals surface area contributed by atoms with Gasteiger partial charge in [-0.25, -0.2) is 0 Å². The molecule has 0 bridgehead atoms. The molecule has 1 aliphatic heterocycles. The van der Waals surface area contributed by atoms with Crippen LogP contribution in [-0.4, -0.2) is 29.1 Å². The molecule has 1 fully saturated rings. The summed E-state index contributed by atoms with van der Waals surface area (Å²) in [6.07, 6.45) is 1.43. The number of carbonyl (C=O) groups excluding carboxylic acids is 1. The van der Waals surface area contributed by atoms with Crippen molar-refractivity contribution in [1.29, 1.82) is 5.26 Å². The summed E-state index contributed by atoms with van der Waals surface area (Å²) in [6, 6.07) is 3.95. The van der Waals surface area contributed by atoms with E-state index in [4.69, 9.17) is 9.78 Å². The minimum atomic E-state index is -0.295. The Morgan fingerprint density at radius 1 is 1.59 bits per heavy atom. The molecule has 5 heteroatoms. The first-order valence-corrected chi connectivity index (χ1v) is 5.68. The highest BCUT2D eigenvalue weighted by molar-refractivity contribution is 5.92. The van der Waals surface area contributed by atoms with E-state index in [2.05, 4.69) is 11.2 Å². The van der Waals surface area contributed by atoms with E-state index in [1.54, 1.807) is 17.9 Å². The summed E-state index contributed by atoms with van der Waals surface area (Å²) in [5.74, 6) is 0.522. The third kappa shape index (κ3) is 2.31. The lowest BCUT2D eigenvalue weighted by molar-refractivity contribution is 0.0651. The molecule has 0 saturated carbocycles. The molecule has 0 spiro atoms. The summed E-state index contributed by atoms with van der Waals surface area (Å²) >= 11 is 0. The fourth-order valence-electron chi connectivity index (χ4n) is 1.94. The topological polar surface area (TPSA) is 70.1 Å². The highest BCUT2D eigenvalue weighted by atomic mass is 16.5. The monoisotopic (exact) mass is 233 g/mol. The van der Waals surface area contributed by atoms with Crippen LogP contribution < -0.4 is 0 Å². The van der Waals surface area contributed by atoms with Crippen LogP contribution in [-0.2, 0) is 0 Å². The number of aromatic nitrogens is 1. The predicted octanol–water partition coefficient (Wildman–Crippen LogP) is 1.75. The van der Waals surface area contributed by atoms with Crippen molar-refractivity contribution in [3.63, 3.8) is 0 Å². The number of nitriles is 1. The van der Waals surface area contributed by atoms with E-state index in [0.29, 0.717) is 37.4 Å². The fourth-order valence-corrected chi connectivity index (χ4v) is 1.94. The van der Waals surface area contributed by atoms with Crippen LogP contribution in [0.1, 0.15) is 36.0 Å². The van der Waals surface area contributed by atoms with Gasteiger partial charge in [-0.1, -0.05) is 5.16 Å². The van der Waals surface area contributed by atoms with Gasteiger partial charge in [0.15, 0.2) is 5.69 Å². The van der Waals surface area contributed by atoms with Gasteiger partial charge in [-0.05, 0) is 26.7 Å². The second kappa shape index (κ2) is 4.21. The van der Waals surface area contributed by atoms with Gasteiger partial charge in [0.05, 0.1) is 11.5 Å². The molecule has 1 amide bonds. The summed E-state index contributed by atoms with van der Waals surface area (Å²) in [6.45, 7) is 4.91. The number of hydrogen-bond donors (Lipinski definition) is 0. The lowest BCUT2D eigenvalue weighted by atomic mass is 9.82. The minimum Gasteiger partial charge on any atom is -0.361 e. The number of aryl methyl sites for hydroxylation is 1. The Morgan fingerprint density at radius 3 is 2.71 bits per heavy atom. The molecule has 17 heavy (non-hydrogen) atoms. The number of hydrogen-bond acceptors (Lipinski definition) is 4. The third-order valence-electron chi connectivity index (χ3n) is 3.27. The van der Waals surface area contributed by atoms with E-state index < -0.39 is 0 Å². The molecule has 0 aromatic carbocycles. The number of amides is 1. The van der Waals surface area contributed by atoms with Crippen LogP contribution in [0.2, 0.25) is 0 Å². The van der Waals surface area contributed by atoms with Crippen LogP contribution in [0.4, 0.5) is 0 Å². The Balaban J connectivity index is 2.02. The maximum absolute atomic E-state index is 12.0. The molecule has 2 heterocycles. The molecule has 0 atom stereocenters. The molecule has 0 aliphatic carbocycles. The lowest BCUT2D eigenvalue weighted by Crippen LogP contribution is -2.41. The van der Waals surface area contributed by atoms with E-state index in [1.165, 1.54) is 0 Å². The van der Waals surface area contributed by atoms with Gasteiger partial charge in [-0.2, -0.15) is 5.26 Å². The highest BCUT2D eigenvalue weighted by Crippen LogP contribution is 2.30. The first-order chi connectivity index (χ1) is 8.04. The standard InChI is InChI=1S/C12H15N3O2/c1-9-7-10(14-17-9)11(16)15-5-3-12(2,8-13)4-6-15/h7H,3-6H2,1-2H3. The zero-order valence-electron chi connectivity index (χ0n) is 10.1. The molecule has 2 rings (SSSR count). The Bertz CT molecular complexity index is 464. The summed E-state index contributed by atoms with van der Waals surface area (Å²) in [5, 5.41) is 12.7. The molecular weight excluding hydrogens is 218 g/mol. The number of rotatable bonds is 1. The van der Waals surface area contributed by atoms with Gasteiger partial charge in [0, 0.05) is 19.2 Å². The summed E-state index contributed by atoms with van der Waals surface area (Å²) in [4.78, 5) is 13.8. The SMILES string of the molecule is Cc1cc(C(=O)N2CCC(C)(C#N)CC2)no1. The van der Waals surface area contributed by atoms with Gasteiger partial charge >= 0.3 is 0 Å². The predicted molar refractivity (Wildman–Crippen MR) is 60.1 cm³/mol. The van der Waals surface area contributed by atoms with Crippen molar-refractivity contribution in [3.8, 4) is 6.07 Å². The van der Waals surface area contributed by atoms with Crippen molar-refractivity contribution >= 4 is 5.91 Å². The number of piperidine rings is 1. The van der Waals surface area contributed by atoms with Crippen LogP contribution >= 0.6 is 0 Å². The van der Waals surface area contributed by atoms with Gasteiger partial charge in [-0.15, -0.1) is 0 Å². The van der Waals surface area contributed by atoms with Crippen molar-refractivity contribution < 1.29 is 9.32 Å². The zero-order chi connectivity index (χ0) is 12.5. The summed E-state index contributed by atoms with van der Waals surface area (Å²) in [7, 11) is 0. The first kappa shape index (κ1) is 11.6. The normalized spacial score (nSPS) is 18.8. The van der Waals surface area contributed by atoms with Crippen LogP contribution in [0, 0.1) is 23.7 Å². The van der Waals surface area contributed by atoms with Gasteiger partial charge < -0.3 is 9.42 Å². The van der Waals surface area contributed by atoms with E-state index in [9.17, 15) is 4.79 Å². The lowest BCUT2D eigenvalue weighted by Gasteiger charge is -2.34. The second-order valence-corrected chi connectivity index (χ2v) is 4.79. The molecule has 90 valence electrons. The molecular formula is C12H15N3O2. The second-order valence-electron chi connectivity index (χ2n) is 4.79. The highest BCUT2D eigenvalue weighted by Gasteiger charge is 2.32. The van der Waals surface area contributed by atoms with E-state index in [-0.39, 0.29) is 11.3 Å². The van der Waals surface area contributed by atoms with Crippen LogP contribution in [0.3, 0.4) is 0 Å². The fraction of sp³-hybridized carbons (Fsp3) is 0.583. The van der Waals surface area contributed by atoms with Gasteiger partial charge in [0.2, 0.25) is 0 Å². The first-order valence-electron chi connectivity index (χ1n) is 5.68. The van der Waals surface area contributed by atoms with E-state index >= 15 is 0 Å². The number of nitrogens with zero attached hydrogens (tertiary/aromatic N) is 3. The minimum absolute atomic E-state index is 0.109. The van der Waals surface area contributed by atoms with Crippen molar-refractivity contribution in [2.24, 2.45) is 5.41 Å². The Hall–Kier alpha value is -1.83. The van der Waals surface area contributed by atoms with Crippen molar-refractivity contribution in [1.82, 2.24) is 10.1 Å². The summed E-state index contributed by atoms with van der Waals surface area (Å²) < 4.78 is 4.89. The Morgan fingerprint density at radius 2 is 2.24 bits per heavy atom. The molecule has 5 nitrogen and oxygen atoms in total. The van der Waals surface area contributed by atoms with Crippen molar-refractivity contribution in [3.05, 3.63) is 17.5 Å². The van der Waals surface area contributed by atoms with Gasteiger partial charge in [0.1, 0.15) is 5.76 Å². The van der Waals surface area contributed by atoms with Gasteiger partial charge in [0.25, 0.3) is 5.91 Å². The quantitative estimate of drug-likeness (QED) is 0.740. The Labute approximate surface area is 100.0 Å². The van der Waals surface area contributed by atoms with Crippen LogP contribution in [0.25, 0.3) is 0 Å². The molecule has 0 radical (unpaired) electrons. The average molecular weight is 233 g/mol. The summed E-state index contributed by atoms with van der Waals surface area (Å²) in [5.41, 5.74) is 0.0549. The van der Waals surface area contributed by atoms with Crippen LogP contribution in [0.5, 0.6) is 0 Å². The maximum Gasteiger partial charge on any atom is 0.276 e. The number of carbonyl (C=O) groups is 1. The molecule has 1 aromatic heterocycles. The zero-order valence-corrected chi connectivity index (χ0v) is 10.1. The van der Waals surface area contributed by atoms with E-state index in [0.717, 1.165) is 0 Å². The maximum atomic E-state index is 12.0. The molecule has 1 aromatic rings. The smallest absolute Gasteiger partial charge is 0.276 e. The molecule has 1 saturated heterocycles. The largest absolute Gasteiger partial charge is 0.361 e. The Kier molecular flexibility index (Phi) is 2.88. The molecule has 0 N–H and O–H groups in total. The molecule has 1 aliphatic rings. The van der Waals surface area contributed by atoms with Gasteiger partial charge in [-0.3, -0.25) is 4.79 Å². The van der Waals surface area contributed by atoms with Crippen LogP contribution in [0.15, 0.2) is 10.6 Å². The average Bonchev–Trinajstić information content (AvgIpc) is 2.76.